The number of guanidine groups is 1. The molecule has 1 fully saturated rings. The second-order valence-electron chi connectivity index (χ2n) is 5.90. The fourth-order valence-electron chi connectivity index (χ4n) is 2.95. The highest BCUT2D eigenvalue weighted by molar-refractivity contribution is 5.79. The molecule has 0 aliphatic carbocycles. The summed E-state index contributed by atoms with van der Waals surface area (Å²) in [5, 5.41) is 11.1. The molecule has 6 heteroatoms. The van der Waals surface area contributed by atoms with Gasteiger partial charge >= 0.3 is 0 Å². The van der Waals surface area contributed by atoms with Crippen LogP contribution in [-0.2, 0) is 6.54 Å². The standard InChI is InChI=1S/C16H30N6/c1-3-21-10-4-7-15(14-21)13-19-16(17-2)18-8-5-11-22-12-6-9-20-22/h6,9,12,15H,3-5,7-8,10-11,13-14H2,1-2H3,(H2,17,18,19). The lowest BCUT2D eigenvalue weighted by atomic mass is 9.98. The van der Waals surface area contributed by atoms with E-state index in [0.29, 0.717) is 0 Å². The highest BCUT2D eigenvalue weighted by atomic mass is 15.3. The van der Waals surface area contributed by atoms with Gasteiger partial charge in [-0.15, -0.1) is 0 Å². The van der Waals surface area contributed by atoms with Crippen LogP contribution in [0.2, 0.25) is 0 Å². The van der Waals surface area contributed by atoms with Gasteiger partial charge in [0.2, 0.25) is 0 Å². The molecule has 2 heterocycles. The lowest BCUT2D eigenvalue weighted by Gasteiger charge is -2.32. The summed E-state index contributed by atoms with van der Waals surface area (Å²) in [4.78, 5) is 6.84. The molecule has 2 rings (SSSR count). The smallest absolute Gasteiger partial charge is 0.190 e. The van der Waals surface area contributed by atoms with E-state index in [9.17, 15) is 0 Å². The topological polar surface area (TPSA) is 57.5 Å². The zero-order chi connectivity index (χ0) is 15.6. The fourth-order valence-corrected chi connectivity index (χ4v) is 2.95. The Morgan fingerprint density at radius 3 is 3.05 bits per heavy atom. The van der Waals surface area contributed by atoms with Gasteiger partial charge in [0.25, 0.3) is 0 Å². The molecule has 0 spiro atoms. The van der Waals surface area contributed by atoms with E-state index in [1.165, 1.54) is 25.9 Å². The molecule has 6 nitrogen and oxygen atoms in total. The summed E-state index contributed by atoms with van der Waals surface area (Å²) in [6.07, 6.45) is 7.48. The van der Waals surface area contributed by atoms with Crippen molar-refractivity contribution in [2.75, 3.05) is 39.8 Å². The van der Waals surface area contributed by atoms with Gasteiger partial charge in [-0.05, 0) is 44.3 Å². The molecule has 1 aliphatic heterocycles. The van der Waals surface area contributed by atoms with Crippen molar-refractivity contribution in [1.82, 2.24) is 25.3 Å². The molecule has 0 radical (unpaired) electrons. The molecule has 1 atom stereocenters. The van der Waals surface area contributed by atoms with Crippen molar-refractivity contribution >= 4 is 5.96 Å². The number of hydrogen-bond donors (Lipinski definition) is 2. The Kier molecular flexibility index (Phi) is 7.22. The van der Waals surface area contributed by atoms with Crippen LogP contribution in [0, 0.1) is 5.92 Å². The predicted molar refractivity (Wildman–Crippen MR) is 91.0 cm³/mol. The molecule has 22 heavy (non-hydrogen) atoms. The van der Waals surface area contributed by atoms with Gasteiger partial charge in [0, 0.05) is 45.6 Å². The Morgan fingerprint density at radius 2 is 2.32 bits per heavy atom. The van der Waals surface area contributed by atoms with Crippen LogP contribution in [0.4, 0.5) is 0 Å². The van der Waals surface area contributed by atoms with Crippen LogP contribution in [-0.4, -0.2) is 60.4 Å². The van der Waals surface area contributed by atoms with Crippen LogP contribution in [0.1, 0.15) is 26.2 Å². The fraction of sp³-hybridized carbons (Fsp3) is 0.750. The normalized spacial score (nSPS) is 20.1. The Balaban J connectivity index is 1.60. The first-order chi connectivity index (χ1) is 10.8. The Bertz CT molecular complexity index is 428. The van der Waals surface area contributed by atoms with E-state index < -0.39 is 0 Å². The monoisotopic (exact) mass is 306 g/mol. The Labute approximate surface area is 134 Å². The first kappa shape index (κ1) is 16.8. The second-order valence-corrected chi connectivity index (χ2v) is 5.90. The van der Waals surface area contributed by atoms with Crippen molar-refractivity contribution in [3.05, 3.63) is 18.5 Å². The maximum atomic E-state index is 4.30. The molecule has 1 unspecified atom stereocenters. The minimum absolute atomic E-state index is 0.733. The van der Waals surface area contributed by atoms with Gasteiger partial charge in [0.05, 0.1) is 0 Å². The number of aliphatic imine (C=N–C) groups is 1. The highest BCUT2D eigenvalue weighted by Crippen LogP contribution is 2.14. The Hall–Kier alpha value is -1.56. The van der Waals surface area contributed by atoms with E-state index in [-0.39, 0.29) is 0 Å². The van der Waals surface area contributed by atoms with E-state index in [1.54, 1.807) is 0 Å². The van der Waals surface area contributed by atoms with Gasteiger partial charge in [-0.1, -0.05) is 6.92 Å². The third kappa shape index (κ3) is 5.67. The largest absolute Gasteiger partial charge is 0.356 e. The van der Waals surface area contributed by atoms with E-state index in [4.69, 9.17) is 0 Å². The lowest BCUT2D eigenvalue weighted by Crippen LogP contribution is -2.44. The summed E-state index contributed by atoms with van der Waals surface area (Å²) < 4.78 is 1.96. The van der Waals surface area contributed by atoms with Gasteiger partial charge in [0.1, 0.15) is 0 Å². The number of rotatable bonds is 7. The van der Waals surface area contributed by atoms with Crippen LogP contribution >= 0.6 is 0 Å². The van der Waals surface area contributed by atoms with Crippen LogP contribution in [0.3, 0.4) is 0 Å². The van der Waals surface area contributed by atoms with Crippen molar-refractivity contribution < 1.29 is 0 Å². The first-order valence-electron chi connectivity index (χ1n) is 8.46. The summed E-state index contributed by atoms with van der Waals surface area (Å²) in [5.41, 5.74) is 0. The number of aromatic nitrogens is 2. The number of nitrogens with one attached hydrogen (secondary N) is 2. The number of aryl methyl sites for hydroxylation is 1. The Morgan fingerprint density at radius 1 is 1.41 bits per heavy atom. The number of likely N-dealkylation sites (tertiary alicyclic amines) is 1. The molecule has 2 N–H and O–H groups in total. The summed E-state index contributed by atoms with van der Waals surface area (Å²) in [7, 11) is 1.84. The van der Waals surface area contributed by atoms with Gasteiger partial charge in [-0.25, -0.2) is 0 Å². The molecule has 1 saturated heterocycles. The third-order valence-corrected chi connectivity index (χ3v) is 4.25. The number of hydrogen-bond acceptors (Lipinski definition) is 3. The predicted octanol–water partition coefficient (Wildman–Crippen LogP) is 1.17. The molecule has 1 aliphatic rings. The number of piperidine rings is 1. The zero-order valence-electron chi connectivity index (χ0n) is 14.0. The van der Waals surface area contributed by atoms with E-state index >= 15 is 0 Å². The molecule has 0 aromatic carbocycles. The zero-order valence-corrected chi connectivity index (χ0v) is 14.0. The van der Waals surface area contributed by atoms with Crippen molar-refractivity contribution in [3.63, 3.8) is 0 Å². The summed E-state index contributed by atoms with van der Waals surface area (Å²) in [6.45, 7) is 8.73. The van der Waals surface area contributed by atoms with Crippen molar-refractivity contribution in [3.8, 4) is 0 Å². The quantitative estimate of drug-likeness (QED) is 0.451. The van der Waals surface area contributed by atoms with Crippen molar-refractivity contribution in [2.45, 2.75) is 32.7 Å². The van der Waals surface area contributed by atoms with Crippen LogP contribution < -0.4 is 10.6 Å². The SMILES string of the molecule is CCN1CCCC(CNC(=NC)NCCCn2cccn2)C1. The molecule has 0 bridgehead atoms. The van der Waals surface area contributed by atoms with Crippen molar-refractivity contribution in [2.24, 2.45) is 10.9 Å². The van der Waals surface area contributed by atoms with E-state index in [2.05, 4.69) is 32.5 Å². The van der Waals surface area contributed by atoms with E-state index in [0.717, 1.165) is 44.5 Å². The van der Waals surface area contributed by atoms with Crippen LogP contribution in [0.15, 0.2) is 23.5 Å². The molecule has 124 valence electrons. The highest BCUT2D eigenvalue weighted by Gasteiger charge is 2.18. The molecule has 1 aromatic rings. The average molecular weight is 306 g/mol. The maximum Gasteiger partial charge on any atom is 0.190 e. The summed E-state index contributed by atoms with van der Waals surface area (Å²) in [6, 6.07) is 1.96. The summed E-state index contributed by atoms with van der Waals surface area (Å²) in [5.74, 6) is 1.64. The van der Waals surface area contributed by atoms with E-state index in [1.807, 2.05) is 30.2 Å². The molecule has 0 amide bonds. The minimum Gasteiger partial charge on any atom is -0.356 e. The third-order valence-electron chi connectivity index (χ3n) is 4.25. The lowest BCUT2D eigenvalue weighted by molar-refractivity contribution is 0.183. The van der Waals surface area contributed by atoms with Crippen LogP contribution in [0.25, 0.3) is 0 Å². The molecule has 0 saturated carbocycles. The average Bonchev–Trinajstić information content (AvgIpc) is 3.08. The van der Waals surface area contributed by atoms with Gasteiger partial charge in [-0.2, -0.15) is 5.10 Å². The molecule has 1 aromatic heterocycles. The molecular weight excluding hydrogens is 276 g/mol. The van der Waals surface area contributed by atoms with Crippen molar-refractivity contribution in [1.29, 1.82) is 0 Å². The number of nitrogens with zero attached hydrogens (tertiary/aromatic N) is 4. The van der Waals surface area contributed by atoms with Crippen LogP contribution in [0.5, 0.6) is 0 Å². The van der Waals surface area contributed by atoms with Gasteiger partial charge in [-0.3, -0.25) is 9.67 Å². The molecular formula is C16H30N6. The first-order valence-corrected chi connectivity index (χ1v) is 8.46. The maximum absolute atomic E-state index is 4.30. The minimum atomic E-state index is 0.733. The summed E-state index contributed by atoms with van der Waals surface area (Å²) >= 11 is 0. The van der Waals surface area contributed by atoms with Gasteiger partial charge in [0.15, 0.2) is 5.96 Å². The van der Waals surface area contributed by atoms with Gasteiger partial charge < -0.3 is 15.5 Å². The second kappa shape index (κ2) is 9.46.